The summed E-state index contributed by atoms with van der Waals surface area (Å²) in [5.74, 6) is -0.449. The molecule has 0 spiro atoms. The lowest BCUT2D eigenvalue weighted by atomic mass is 10.1. The van der Waals surface area contributed by atoms with Gasteiger partial charge in [0.2, 0.25) is 0 Å². The van der Waals surface area contributed by atoms with Crippen molar-refractivity contribution in [3.8, 4) is 11.3 Å². The fourth-order valence-corrected chi connectivity index (χ4v) is 1.39. The lowest BCUT2D eigenvalue weighted by Crippen LogP contribution is -1.83. The maximum Gasteiger partial charge on any atom is 0.116 e. The molecule has 0 N–H and O–H groups in total. The van der Waals surface area contributed by atoms with Crippen molar-refractivity contribution in [3.05, 3.63) is 61.2 Å². The van der Waals surface area contributed by atoms with Crippen LogP contribution in [0, 0.1) is 6.92 Å². The normalized spacial score (nSPS) is 11.5. The van der Waals surface area contributed by atoms with Crippen molar-refractivity contribution >= 4 is 6.08 Å². The first-order valence-electron chi connectivity index (χ1n) is 4.81. The third kappa shape index (κ3) is 2.51. The molecule has 1 radical (unpaired) electrons. The van der Waals surface area contributed by atoms with Crippen molar-refractivity contribution in [1.29, 1.82) is 0 Å². The Morgan fingerprint density at radius 3 is 2.50 bits per heavy atom. The van der Waals surface area contributed by atoms with E-state index in [1.54, 1.807) is 6.20 Å². The second-order valence-corrected chi connectivity index (χ2v) is 3.31. The van der Waals surface area contributed by atoms with Crippen molar-refractivity contribution in [1.82, 2.24) is 9.97 Å². The highest BCUT2D eigenvalue weighted by Gasteiger charge is 1.97. The first-order chi connectivity index (χ1) is 7.75. The average molecular weight is 213 g/mol. The van der Waals surface area contributed by atoms with Gasteiger partial charge in [-0.15, -0.1) is 0 Å². The first kappa shape index (κ1) is 10.5. The SMILES string of the molecule is [CH2]/C(F)=C/c1ccc(-c2ccncn2)cc1. The van der Waals surface area contributed by atoms with Gasteiger partial charge in [0.05, 0.1) is 5.69 Å². The van der Waals surface area contributed by atoms with Crippen LogP contribution in [0.4, 0.5) is 4.39 Å². The lowest BCUT2D eigenvalue weighted by Gasteiger charge is -2.00. The molecule has 2 nitrogen and oxygen atoms in total. The summed E-state index contributed by atoms with van der Waals surface area (Å²) in [5.41, 5.74) is 2.61. The number of halogens is 1. The minimum atomic E-state index is -0.449. The topological polar surface area (TPSA) is 25.8 Å². The molecule has 0 unspecified atom stereocenters. The summed E-state index contributed by atoms with van der Waals surface area (Å²) in [5, 5.41) is 0. The molecular formula is C13H10FN2. The Balaban J connectivity index is 2.30. The molecule has 79 valence electrons. The largest absolute Gasteiger partial charge is 0.245 e. The molecule has 0 aliphatic carbocycles. The highest BCUT2D eigenvalue weighted by atomic mass is 19.1. The summed E-state index contributed by atoms with van der Waals surface area (Å²) in [6.45, 7) is 3.19. The van der Waals surface area contributed by atoms with Crippen LogP contribution in [0.25, 0.3) is 17.3 Å². The number of hydrogen-bond donors (Lipinski definition) is 0. The number of hydrogen-bond acceptors (Lipinski definition) is 2. The molecule has 1 heterocycles. The number of aromatic nitrogens is 2. The van der Waals surface area contributed by atoms with Crippen LogP contribution in [-0.2, 0) is 0 Å². The van der Waals surface area contributed by atoms with Gasteiger partial charge in [-0.05, 0) is 17.7 Å². The third-order valence-corrected chi connectivity index (χ3v) is 2.11. The zero-order valence-corrected chi connectivity index (χ0v) is 8.60. The standard InChI is InChI=1S/C13H10FN2/c1-10(14)8-11-2-4-12(5-3-11)13-6-7-15-9-16-13/h2-9H,1H2/b10-8-. The molecule has 1 aromatic heterocycles. The average Bonchev–Trinajstić information content (AvgIpc) is 2.30. The Morgan fingerprint density at radius 1 is 1.19 bits per heavy atom. The van der Waals surface area contributed by atoms with E-state index in [9.17, 15) is 4.39 Å². The van der Waals surface area contributed by atoms with Crippen LogP contribution < -0.4 is 0 Å². The van der Waals surface area contributed by atoms with Gasteiger partial charge in [-0.3, -0.25) is 0 Å². The molecule has 0 amide bonds. The van der Waals surface area contributed by atoms with Gasteiger partial charge in [-0.25, -0.2) is 14.4 Å². The number of nitrogens with zero attached hydrogens (tertiary/aromatic N) is 2. The zero-order valence-electron chi connectivity index (χ0n) is 8.60. The van der Waals surface area contributed by atoms with Gasteiger partial charge in [0, 0.05) is 18.7 Å². The van der Waals surface area contributed by atoms with Crippen molar-refractivity contribution in [2.75, 3.05) is 0 Å². The van der Waals surface area contributed by atoms with E-state index in [2.05, 4.69) is 16.9 Å². The van der Waals surface area contributed by atoms with Crippen molar-refractivity contribution in [2.45, 2.75) is 0 Å². The van der Waals surface area contributed by atoms with E-state index in [1.165, 1.54) is 12.4 Å². The van der Waals surface area contributed by atoms with E-state index in [1.807, 2.05) is 30.3 Å². The monoisotopic (exact) mass is 213 g/mol. The van der Waals surface area contributed by atoms with Gasteiger partial charge in [0.1, 0.15) is 12.2 Å². The second kappa shape index (κ2) is 4.66. The minimum Gasteiger partial charge on any atom is -0.245 e. The van der Waals surface area contributed by atoms with Crippen LogP contribution in [0.3, 0.4) is 0 Å². The van der Waals surface area contributed by atoms with Crippen LogP contribution in [-0.4, -0.2) is 9.97 Å². The van der Waals surface area contributed by atoms with Crippen LogP contribution in [0.15, 0.2) is 48.7 Å². The number of allylic oxidation sites excluding steroid dienone is 1. The van der Waals surface area contributed by atoms with Crippen LogP contribution in [0.2, 0.25) is 0 Å². The van der Waals surface area contributed by atoms with E-state index in [-0.39, 0.29) is 0 Å². The Kier molecular flexibility index (Phi) is 3.05. The van der Waals surface area contributed by atoms with Gasteiger partial charge in [0.15, 0.2) is 0 Å². The van der Waals surface area contributed by atoms with Crippen molar-refractivity contribution < 1.29 is 4.39 Å². The molecule has 0 saturated carbocycles. The van der Waals surface area contributed by atoms with Crippen LogP contribution >= 0.6 is 0 Å². The molecule has 2 rings (SSSR count). The molecule has 16 heavy (non-hydrogen) atoms. The molecule has 0 bridgehead atoms. The van der Waals surface area contributed by atoms with Gasteiger partial charge >= 0.3 is 0 Å². The molecule has 3 heteroatoms. The Hall–Kier alpha value is -2.03. The minimum absolute atomic E-state index is 0.449. The fourth-order valence-electron chi connectivity index (χ4n) is 1.39. The molecule has 0 aliphatic rings. The summed E-state index contributed by atoms with van der Waals surface area (Å²) in [4.78, 5) is 7.98. The summed E-state index contributed by atoms with van der Waals surface area (Å²) < 4.78 is 12.5. The van der Waals surface area contributed by atoms with Gasteiger partial charge < -0.3 is 0 Å². The van der Waals surface area contributed by atoms with Gasteiger partial charge in [-0.2, -0.15) is 0 Å². The van der Waals surface area contributed by atoms with E-state index < -0.39 is 5.83 Å². The summed E-state index contributed by atoms with van der Waals surface area (Å²) in [7, 11) is 0. The Bertz CT molecular complexity index is 485. The van der Waals surface area contributed by atoms with Crippen LogP contribution in [0.5, 0.6) is 0 Å². The molecule has 0 saturated heterocycles. The zero-order chi connectivity index (χ0) is 11.4. The fraction of sp³-hybridized carbons (Fsp3) is 0. The number of rotatable bonds is 2. The Morgan fingerprint density at radius 2 is 1.94 bits per heavy atom. The first-order valence-corrected chi connectivity index (χ1v) is 4.81. The van der Waals surface area contributed by atoms with E-state index in [0.29, 0.717) is 0 Å². The van der Waals surface area contributed by atoms with E-state index in [0.717, 1.165) is 16.8 Å². The van der Waals surface area contributed by atoms with E-state index >= 15 is 0 Å². The van der Waals surface area contributed by atoms with Gasteiger partial charge in [-0.1, -0.05) is 24.3 Å². The van der Waals surface area contributed by atoms with Crippen molar-refractivity contribution in [2.24, 2.45) is 0 Å². The smallest absolute Gasteiger partial charge is 0.116 e. The third-order valence-electron chi connectivity index (χ3n) is 2.11. The highest BCUT2D eigenvalue weighted by molar-refractivity contribution is 5.62. The highest BCUT2D eigenvalue weighted by Crippen LogP contribution is 2.17. The summed E-state index contributed by atoms with van der Waals surface area (Å²) in [6, 6.07) is 9.24. The quantitative estimate of drug-likeness (QED) is 0.765. The molecule has 2 aromatic rings. The molecule has 0 atom stereocenters. The summed E-state index contributed by atoms with van der Waals surface area (Å²) in [6.07, 6.45) is 4.56. The number of benzene rings is 1. The molecule has 1 aromatic carbocycles. The maximum atomic E-state index is 12.5. The molecule has 0 aliphatic heterocycles. The van der Waals surface area contributed by atoms with Crippen LogP contribution in [0.1, 0.15) is 5.56 Å². The maximum absolute atomic E-state index is 12.5. The second-order valence-electron chi connectivity index (χ2n) is 3.31. The predicted octanol–water partition coefficient (Wildman–Crippen LogP) is 3.29. The summed E-state index contributed by atoms with van der Waals surface area (Å²) >= 11 is 0. The molecule has 0 fully saturated rings. The van der Waals surface area contributed by atoms with Crippen molar-refractivity contribution in [3.63, 3.8) is 0 Å². The predicted molar refractivity (Wildman–Crippen MR) is 61.9 cm³/mol. The molecular weight excluding hydrogens is 203 g/mol. The van der Waals surface area contributed by atoms with E-state index in [4.69, 9.17) is 0 Å². The van der Waals surface area contributed by atoms with Gasteiger partial charge in [0.25, 0.3) is 0 Å². The Labute approximate surface area is 93.5 Å². The lowest BCUT2D eigenvalue weighted by molar-refractivity contribution is 0.673.